The Labute approximate surface area is 175 Å². The number of hydrazone groups is 1. The van der Waals surface area contributed by atoms with Gasteiger partial charge in [-0.2, -0.15) is 5.10 Å². The molecule has 152 valence electrons. The highest BCUT2D eigenvalue weighted by atomic mass is 35.5. The summed E-state index contributed by atoms with van der Waals surface area (Å²) in [6.07, 6.45) is 1.29. The smallest absolute Gasteiger partial charge is 0.271 e. The minimum Gasteiger partial charge on any atom is -0.455 e. The molecule has 2 aromatic carbocycles. The van der Waals surface area contributed by atoms with Crippen molar-refractivity contribution in [1.29, 1.82) is 0 Å². The molecule has 0 radical (unpaired) electrons. The number of hydrogen-bond acceptors (Lipinski definition) is 6. The number of nitro groups is 1. The Balaban J connectivity index is 1.66. The normalized spacial score (nSPS) is 10.7. The lowest BCUT2D eigenvalue weighted by molar-refractivity contribution is -0.384. The van der Waals surface area contributed by atoms with E-state index in [-0.39, 0.29) is 11.6 Å². The molecule has 0 bridgehead atoms. The number of hydrogen-bond donors (Lipinski definition) is 2. The highest BCUT2D eigenvalue weighted by Gasteiger charge is 2.14. The van der Waals surface area contributed by atoms with Crippen LogP contribution in [0.4, 0.5) is 11.4 Å². The second-order valence-corrected chi connectivity index (χ2v) is 6.49. The van der Waals surface area contributed by atoms with Gasteiger partial charge in [-0.15, -0.1) is 0 Å². The largest absolute Gasteiger partial charge is 0.455 e. The third-order valence-corrected chi connectivity index (χ3v) is 4.21. The Morgan fingerprint density at radius 2 is 1.87 bits per heavy atom. The molecule has 10 heteroatoms. The maximum Gasteiger partial charge on any atom is 0.271 e. The summed E-state index contributed by atoms with van der Waals surface area (Å²) in [7, 11) is 0. The topological polar surface area (TPSA) is 127 Å². The van der Waals surface area contributed by atoms with Crippen molar-refractivity contribution in [3.8, 4) is 11.3 Å². The Hall–Kier alpha value is -3.98. The van der Waals surface area contributed by atoms with Crippen LogP contribution in [0.3, 0.4) is 0 Å². The van der Waals surface area contributed by atoms with Crippen molar-refractivity contribution < 1.29 is 18.9 Å². The fraction of sp³-hybridized carbons (Fsp3) is 0.0500. The van der Waals surface area contributed by atoms with Crippen LogP contribution in [0.15, 0.2) is 64.1 Å². The molecule has 0 aliphatic rings. The summed E-state index contributed by atoms with van der Waals surface area (Å²) < 4.78 is 5.58. The molecule has 3 aromatic rings. The summed E-state index contributed by atoms with van der Waals surface area (Å²) in [4.78, 5) is 33.5. The van der Waals surface area contributed by atoms with Gasteiger partial charge in [0.15, 0.2) is 0 Å². The molecule has 3 rings (SSSR count). The van der Waals surface area contributed by atoms with Crippen LogP contribution in [0.25, 0.3) is 11.3 Å². The second kappa shape index (κ2) is 9.01. The van der Waals surface area contributed by atoms with Gasteiger partial charge in [-0.3, -0.25) is 19.7 Å². The lowest BCUT2D eigenvalue weighted by Crippen LogP contribution is -2.17. The van der Waals surface area contributed by atoms with Crippen LogP contribution in [-0.4, -0.2) is 23.0 Å². The molecule has 1 heterocycles. The first-order chi connectivity index (χ1) is 14.3. The van der Waals surface area contributed by atoms with Crippen LogP contribution >= 0.6 is 11.6 Å². The van der Waals surface area contributed by atoms with Crippen LogP contribution in [0, 0.1) is 10.1 Å². The van der Waals surface area contributed by atoms with E-state index in [1.165, 1.54) is 31.3 Å². The van der Waals surface area contributed by atoms with Crippen molar-refractivity contribution in [2.24, 2.45) is 5.10 Å². The van der Waals surface area contributed by atoms with Gasteiger partial charge in [0, 0.05) is 35.9 Å². The number of amides is 2. The van der Waals surface area contributed by atoms with Gasteiger partial charge in [-0.05, 0) is 42.5 Å². The lowest BCUT2D eigenvalue weighted by Gasteiger charge is -2.03. The van der Waals surface area contributed by atoms with Gasteiger partial charge in [0.1, 0.15) is 11.5 Å². The second-order valence-electron chi connectivity index (χ2n) is 6.08. The fourth-order valence-corrected chi connectivity index (χ4v) is 2.72. The number of carbonyl (C=O) groups is 2. The van der Waals surface area contributed by atoms with Crippen LogP contribution < -0.4 is 10.7 Å². The van der Waals surface area contributed by atoms with Crippen LogP contribution in [0.2, 0.25) is 5.02 Å². The van der Waals surface area contributed by atoms with E-state index < -0.39 is 10.8 Å². The molecule has 2 N–H and O–H groups in total. The van der Waals surface area contributed by atoms with E-state index in [4.69, 9.17) is 16.0 Å². The van der Waals surface area contributed by atoms with Gasteiger partial charge >= 0.3 is 0 Å². The number of anilines is 1. The highest BCUT2D eigenvalue weighted by Crippen LogP contribution is 2.32. The Morgan fingerprint density at radius 1 is 1.13 bits per heavy atom. The molecule has 2 amide bonds. The molecule has 0 aliphatic carbocycles. The predicted octanol–water partition coefficient (Wildman–Crippen LogP) is 4.23. The Bertz CT molecular complexity index is 1140. The molecule has 0 saturated heterocycles. The van der Waals surface area contributed by atoms with Gasteiger partial charge in [0.2, 0.25) is 5.91 Å². The first-order valence-electron chi connectivity index (χ1n) is 8.58. The zero-order valence-corrected chi connectivity index (χ0v) is 16.3. The highest BCUT2D eigenvalue weighted by molar-refractivity contribution is 6.33. The first-order valence-corrected chi connectivity index (χ1v) is 8.96. The molecule has 0 fully saturated rings. The van der Waals surface area contributed by atoms with Crippen molar-refractivity contribution in [2.75, 3.05) is 5.32 Å². The minimum absolute atomic E-state index is 0.113. The molecule has 1 aromatic heterocycles. The molecule has 0 saturated carbocycles. The zero-order valence-electron chi connectivity index (χ0n) is 15.6. The van der Waals surface area contributed by atoms with Crippen molar-refractivity contribution in [3.63, 3.8) is 0 Å². The number of carbonyl (C=O) groups excluding carboxylic acids is 2. The van der Waals surface area contributed by atoms with Crippen LogP contribution in [-0.2, 0) is 4.79 Å². The van der Waals surface area contributed by atoms with E-state index in [1.807, 2.05) is 0 Å². The number of nitro benzene ring substituents is 1. The van der Waals surface area contributed by atoms with E-state index in [9.17, 15) is 19.7 Å². The predicted molar refractivity (Wildman–Crippen MR) is 112 cm³/mol. The summed E-state index contributed by atoms with van der Waals surface area (Å²) >= 11 is 6.10. The third-order valence-electron chi connectivity index (χ3n) is 3.88. The van der Waals surface area contributed by atoms with Crippen molar-refractivity contribution in [1.82, 2.24) is 5.43 Å². The molecule has 30 heavy (non-hydrogen) atoms. The summed E-state index contributed by atoms with van der Waals surface area (Å²) in [5.74, 6) is -0.0194. The summed E-state index contributed by atoms with van der Waals surface area (Å²) in [6.45, 7) is 1.39. The third kappa shape index (κ3) is 5.09. The Morgan fingerprint density at radius 3 is 2.53 bits per heavy atom. The molecular weight excluding hydrogens is 412 g/mol. The van der Waals surface area contributed by atoms with Crippen molar-refractivity contribution in [3.05, 3.63) is 81.1 Å². The number of nitrogens with one attached hydrogen (secondary N) is 2. The molecule has 0 spiro atoms. The van der Waals surface area contributed by atoms with Crippen molar-refractivity contribution >= 4 is 41.0 Å². The average Bonchev–Trinajstić information content (AvgIpc) is 3.16. The minimum atomic E-state index is -0.524. The molecule has 0 aliphatic heterocycles. The standard InChI is InChI=1S/C20H15ClN4O5/c1-12(26)23-14-4-2-13(3-5-14)20(27)24-22-11-16-7-9-19(30-16)17-10-15(25(28)29)6-8-18(17)21/h2-11H,1H3,(H,23,26)(H,24,27). The first kappa shape index (κ1) is 20.7. The van der Waals surface area contributed by atoms with E-state index in [0.717, 1.165) is 0 Å². The quantitative estimate of drug-likeness (QED) is 0.346. The summed E-state index contributed by atoms with van der Waals surface area (Å²) in [5.41, 5.74) is 3.54. The van der Waals surface area contributed by atoms with Gasteiger partial charge in [-0.25, -0.2) is 5.43 Å². The lowest BCUT2D eigenvalue weighted by atomic mass is 10.1. The average molecular weight is 427 g/mol. The van der Waals surface area contributed by atoms with Gasteiger partial charge in [0.05, 0.1) is 16.2 Å². The number of furan rings is 1. The molecular formula is C20H15ClN4O5. The monoisotopic (exact) mass is 426 g/mol. The number of benzene rings is 2. The molecule has 9 nitrogen and oxygen atoms in total. The number of rotatable bonds is 6. The molecule has 0 unspecified atom stereocenters. The fourth-order valence-electron chi connectivity index (χ4n) is 2.51. The van der Waals surface area contributed by atoms with Gasteiger partial charge in [0.25, 0.3) is 11.6 Å². The zero-order chi connectivity index (χ0) is 21.7. The van der Waals surface area contributed by atoms with Crippen LogP contribution in [0.5, 0.6) is 0 Å². The number of non-ortho nitro benzene ring substituents is 1. The number of halogens is 1. The van der Waals surface area contributed by atoms with E-state index >= 15 is 0 Å². The summed E-state index contributed by atoms with van der Waals surface area (Å²) in [5, 5.41) is 17.7. The SMILES string of the molecule is CC(=O)Nc1ccc(C(=O)NN=Cc2ccc(-c3cc([N+](=O)[O-])ccc3Cl)o2)cc1. The summed E-state index contributed by atoms with van der Waals surface area (Å²) in [6, 6.07) is 13.5. The maximum atomic E-state index is 12.1. The maximum absolute atomic E-state index is 12.1. The van der Waals surface area contributed by atoms with Gasteiger partial charge in [-0.1, -0.05) is 11.6 Å². The van der Waals surface area contributed by atoms with E-state index in [2.05, 4.69) is 15.8 Å². The Kier molecular flexibility index (Phi) is 6.23. The van der Waals surface area contributed by atoms with Crippen molar-refractivity contribution in [2.45, 2.75) is 6.92 Å². The van der Waals surface area contributed by atoms with Gasteiger partial charge < -0.3 is 9.73 Å². The number of nitrogens with zero attached hydrogens (tertiary/aromatic N) is 2. The van der Waals surface area contributed by atoms with Crippen LogP contribution in [0.1, 0.15) is 23.0 Å². The van der Waals surface area contributed by atoms with E-state index in [1.54, 1.807) is 36.4 Å². The molecule has 0 atom stereocenters. The van der Waals surface area contributed by atoms with E-state index in [0.29, 0.717) is 33.4 Å².